The third kappa shape index (κ3) is 3.55. The number of hydrogen-bond acceptors (Lipinski definition) is 7. The summed E-state index contributed by atoms with van der Waals surface area (Å²) in [7, 11) is 3.13. The molecule has 31 heavy (non-hydrogen) atoms. The van der Waals surface area contributed by atoms with E-state index >= 15 is 0 Å². The van der Waals surface area contributed by atoms with Gasteiger partial charge < -0.3 is 14.8 Å². The largest absolute Gasteiger partial charge is 0.497 e. The van der Waals surface area contributed by atoms with E-state index in [1.807, 2.05) is 24.3 Å². The minimum atomic E-state index is -0.185. The maximum atomic E-state index is 12.5. The number of thioether (sulfide) groups is 1. The number of amides is 1. The van der Waals surface area contributed by atoms with Crippen molar-refractivity contribution in [1.82, 2.24) is 15.2 Å². The van der Waals surface area contributed by atoms with Crippen molar-refractivity contribution in [2.24, 2.45) is 0 Å². The van der Waals surface area contributed by atoms with Crippen molar-refractivity contribution in [1.29, 1.82) is 0 Å². The smallest absolute Gasteiger partial charge is 0.234 e. The maximum absolute atomic E-state index is 12.5. The van der Waals surface area contributed by atoms with Crippen LogP contribution in [0.15, 0.2) is 59.8 Å². The number of anilines is 1. The molecule has 3 aromatic carbocycles. The third-order valence-electron chi connectivity index (χ3n) is 5.05. The number of nitrogens with zero attached hydrogens (tertiary/aromatic N) is 3. The molecule has 0 unspecified atom stereocenters. The van der Waals surface area contributed by atoms with Gasteiger partial charge in [0.15, 0.2) is 0 Å². The summed E-state index contributed by atoms with van der Waals surface area (Å²) in [5, 5.41) is 14.2. The Kier molecular flexibility index (Phi) is 4.91. The summed E-state index contributed by atoms with van der Waals surface area (Å²) in [6.45, 7) is 0. The van der Waals surface area contributed by atoms with E-state index in [1.165, 1.54) is 11.8 Å². The normalized spacial score (nSPS) is 11.3. The fourth-order valence-corrected chi connectivity index (χ4v) is 4.27. The molecular formula is C23H18N4O3S. The summed E-state index contributed by atoms with van der Waals surface area (Å²) in [5.74, 6) is 1.16. The van der Waals surface area contributed by atoms with Crippen LogP contribution < -0.4 is 14.8 Å². The minimum absolute atomic E-state index is 0.150. The number of aromatic nitrogens is 3. The van der Waals surface area contributed by atoms with Crippen LogP contribution in [-0.2, 0) is 4.79 Å². The minimum Gasteiger partial charge on any atom is -0.497 e. The molecule has 1 aliphatic rings. The lowest BCUT2D eigenvalue weighted by molar-refractivity contribution is -0.113. The first-order valence-electron chi connectivity index (χ1n) is 9.59. The number of hydrogen-bond donors (Lipinski definition) is 1. The average Bonchev–Trinajstić information content (AvgIpc) is 3.12. The van der Waals surface area contributed by atoms with Crippen LogP contribution in [0, 0.1) is 0 Å². The predicted octanol–water partition coefficient (Wildman–Crippen LogP) is 4.42. The standard InChI is InChI=1S/C23H18N4O3S/c1-29-15-9-14(10-16(11-15)30-2)24-19(28)12-31-23-25-21-17-7-3-5-13-6-4-8-18(20(13)17)22(21)26-27-23/h3-11H,12H2,1-2H3,(H,24,28). The molecule has 154 valence electrons. The lowest BCUT2D eigenvalue weighted by Gasteiger charge is -2.09. The van der Waals surface area contributed by atoms with E-state index in [1.54, 1.807) is 32.4 Å². The van der Waals surface area contributed by atoms with E-state index < -0.39 is 0 Å². The summed E-state index contributed by atoms with van der Waals surface area (Å²) in [4.78, 5) is 17.2. The van der Waals surface area contributed by atoms with Crippen molar-refractivity contribution in [2.75, 3.05) is 25.3 Å². The van der Waals surface area contributed by atoms with Crippen molar-refractivity contribution in [2.45, 2.75) is 5.16 Å². The number of benzene rings is 3. The Morgan fingerprint density at radius 3 is 2.29 bits per heavy atom. The van der Waals surface area contributed by atoms with E-state index in [0.717, 1.165) is 33.3 Å². The molecule has 5 rings (SSSR count). The molecule has 1 amide bonds. The molecule has 1 N–H and O–H groups in total. The Bertz CT molecular complexity index is 1300. The van der Waals surface area contributed by atoms with Gasteiger partial charge in [0, 0.05) is 40.4 Å². The molecular weight excluding hydrogens is 412 g/mol. The number of rotatable bonds is 6. The molecule has 7 nitrogen and oxygen atoms in total. The van der Waals surface area contributed by atoms with Crippen molar-refractivity contribution in [3.05, 3.63) is 54.6 Å². The molecule has 1 heterocycles. The second-order valence-electron chi connectivity index (χ2n) is 6.94. The molecule has 8 heteroatoms. The van der Waals surface area contributed by atoms with Gasteiger partial charge >= 0.3 is 0 Å². The molecule has 0 fully saturated rings. The average molecular weight is 430 g/mol. The van der Waals surface area contributed by atoms with Gasteiger partial charge in [-0.05, 0) is 5.39 Å². The highest BCUT2D eigenvalue weighted by Gasteiger charge is 2.25. The van der Waals surface area contributed by atoms with Gasteiger partial charge in [-0.25, -0.2) is 4.98 Å². The zero-order valence-corrected chi connectivity index (χ0v) is 17.7. The van der Waals surface area contributed by atoms with Gasteiger partial charge in [-0.3, -0.25) is 4.79 Å². The zero-order valence-electron chi connectivity index (χ0n) is 16.9. The summed E-state index contributed by atoms with van der Waals surface area (Å²) in [5.41, 5.74) is 4.28. The second-order valence-corrected chi connectivity index (χ2v) is 7.88. The summed E-state index contributed by atoms with van der Waals surface area (Å²) < 4.78 is 10.5. The Morgan fingerprint density at radius 1 is 0.935 bits per heavy atom. The van der Waals surface area contributed by atoms with E-state index in [-0.39, 0.29) is 11.7 Å². The first-order chi connectivity index (χ1) is 15.2. The van der Waals surface area contributed by atoms with Crippen LogP contribution in [0.3, 0.4) is 0 Å². The number of methoxy groups -OCH3 is 2. The number of nitrogens with one attached hydrogen (secondary N) is 1. The van der Waals surface area contributed by atoms with Crippen LogP contribution in [-0.4, -0.2) is 41.1 Å². The number of fused-ring (bicyclic) bond motifs is 3. The van der Waals surface area contributed by atoms with Crippen molar-refractivity contribution < 1.29 is 14.3 Å². The SMILES string of the molecule is COc1cc(NC(=O)CSc2nnc3c(n2)-c2cccc4cccc-3c24)cc(OC)c1. The third-order valence-corrected chi connectivity index (χ3v) is 5.89. The number of carbonyl (C=O) groups excluding carboxylic acids is 1. The van der Waals surface area contributed by atoms with Gasteiger partial charge in [0.05, 0.1) is 20.0 Å². The highest BCUT2D eigenvalue weighted by Crippen LogP contribution is 2.44. The quantitative estimate of drug-likeness (QED) is 0.399. The summed E-state index contributed by atoms with van der Waals surface area (Å²) in [6, 6.07) is 17.5. The van der Waals surface area contributed by atoms with Crippen LogP contribution in [0.25, 0.3) is 33.3 Å². The fourth-order valence-electron chi connectivity index (χ4n) is 3.68. The first-order valence-corrected chi connectivity index (χ1v) is 10.6. The van der Waals surface area contributed by atoms with Gasteiger partial charge in [-0.15, -0.1) is 10.2 Å². The van der Waals surface area contributed by atoms with Gasteiger partial charge in [0.1, 0.15) is 22.9 Å². The van der Waals surface area contributed by atoms with Crippen LogP contribution in [0.2, 0.25) is 0 Å². The molecule has 0 radical (unpaired) electrons. The Labute approximate surface area is 182 Å². The predicted molar refractivity (Wildman–Crippen MR) is 121 cm³/mol. The Hall–Kier alpha value is -3.65. The molecule has 0 spiro atoms. The fraction of sp³-hybridized carbons (Fsp3) is 0.130. The molecule has 0 saturated heterocycles. The van der Waals surface area contributed by atoms with E-state index in [9.17, 15) is 4.79 Å². The second kappa shape index (κ2) is 7.88. The highest BCUT2D eigenvalue weighted by atomic mass is 32.2. The van der Waals surface area contributed by atoms with Crippen LogP contribution in [0.1, 0.15) is 0 Å². The molecule has 4 aromatic rings. The van der Waals surface area contributed by atoms with E-state index in [2.05, 4.69) is 27.6 Å². The van der Waals surface area contributed by atoms with Crippen LogP contribution in [0.5, 0.6) is 11.5 Å². The highest BCUT2D eigenvalue weighted by molar-refractivity contribution is 7.99. The molecule has 1 aromatic heterocycles. The van der Waals surface area contributed by atoms with Gasteiger partial charge in [-0.1, -0.05) is 48.2 Å². The molecule has 0 bridgehead atoms. The topological polar surface area (TPSA) is 86.2 Å². The molecule has 0 atom stereocenters. The van der Waals surface area contributed by atoms with Crippen molar-refractivity contribution >= 4 is 34.1 Å². The summed E-state index contributed by atoms with van der Waals surface area (Å²) >= 11 is 1.24. The molecule has 1 aliphatic carbocycles. The van der Waals surface area contributed by atoms with Crippen LogP contribution in [0.4, 0.5) is 5.69 Å². The van der Waals surface area contributed by atoms with Crippen LogP contribution >= 0.6 is 11.8 Å². The molecule has 0 aliphatic heterocycles. The Morgan fingerprint density at radius 2 is 1.61 bits per heavy atom. The number of carbonyl (C=O) groups is 1. The lowest BCUT2D eigenvalue weighted by atomic mass is 10.0. The summed E-state index contributed by atoms with van der Waals surface area (Å²) in [6.07, 6.45) is 0. The van der Waals surface area contributed by atoms with E-state index in [0.29, 0.717) is 22.3 Å². The van der Waals surface area contributed by atoms with Crippen molar-refractivity contribution in [3.63, 3.8) is 0 Å². The Balaban J connectivity index is 1.33. The maximum Gasteiger partial charge on any atom is 0.234 e. The monoisotopic (exact) mass is 430 g/mol. The van der Waals surface area contributed by atoms with Gasteiger partial charge in [0.2, 0.25) is 11.1 Å². The van der Waals surface area contributed by atoms with E-state index in [4.69, 9.17) is 14.5 Å². The zero-order chi connectivity index (χ0) is 21.4. The van der Waals surface area contributed by atoms with Crippen molar-refractivity contribution in [3.8, 4) is 34.0 Å². The lowest BCUT2D eigenvalue weighted by Crippen LogP contribution is -2.14. The van der Waals surface area contributed by atoms with Gasteiger partial charge in [-0.2, -0.15) is 0 Å². The number of ether oxygens (including phenoxy) is 2. The molecule has 0 saturated carbocycles. The van der Waals surface area contributed by atoms with Gasteiger partial charge in [0.25, 0.3) is 0 Å². The first kappa shape index (κ1) is 19.3.